The maximum atomic E-state index is 12.1. The molecule has 0 radical (unpaired) electrons. The summed E-state index contributed by atoms with van der Waals surface area (Å²) in [5.41, 5.74) is 0.834. The lowest BCUT2D eigenvalue weighted by atomic mass is 10.1. The predicted molar refractivity (Wildman–Crippen MR) is 83.4 cm³/mol. The molecule has 2 amide bonds. The van der Waals surface area contributed by atoms with E-state index in [2.05, 4.69) is 16.0 Å². The maximum Gasteiger partial charge on any atom is 0.238 e. The van der Waals surface area contributed by atoms with Gasteiger partial charge >= 0.3 is 0 Å². The van der Waals surface area contributed by atoms with Gasteiger partial charge in [-0.2, -0.15) is 0 Å². The number of carbonyl (C=O) groups is 2. The number of piperidine rings is 1. The van der Waals surface area contributed by atoms with Crippen molar-refractivity contribution in [2.75, 3.05) is 18.4 Å². The monoisotopic (exact) mass is 305 g/mol. The molecule has 0 bridgehead atoms. The van der Waals surface area contributed by atoms with Crippen molar-refractivity contribution in [1.29, 1.82) is 0 Å². The summed E-state index contributed by atoms with van der Waals surface area (Å²) in [5, 5.41) is 8.80. The first-order valence-corrected chi connectivity index (χ1v) is 8.17. The number of rotatable bonds is 3. The summed E-state index contributed by atoms with van der Waals surface area (Å²) in [6.45, 7) is 1.84. The summed E-state index contributed by atoms with van der Waals surface area (Å²) < 4.78 is 0. The number of hydrogen-bond acceptors (Lipinski definition) is 4. The first kappa shape index (κ1) is 14.4. The molecule has 2 atom stereocenters. The number of hydrogen-bond donors (Lipinski definition) is 3. The third-order valence-corrected chi connectivity index (χ3v) is 5.01. The zero-order valence-corrected chi connectivity index (χ0v) is 12.5. The molecule has 5 nitrogen and oxygen atoms in total. The fourth-order valence-electron chi connectivity index (χ4n) is 2.66. The number of fused-ring (bicyclic) bond motifs is 1. The molecule has 112 valence electrons. The minimum Gasteiger partial charge on any atom is -0.352 e. The molecule has 0 spiro atoms. The van der Waals surface area contributed by atoms with E-state index in [4.69, 9.17) is 0 Å². The van der Waals surface area contributed by atoms with E-state index in [1.807, 2.05) is 24.3 Å². The topological polar surface area (TPSA) is 70.2 Å². The summed E-state index contributed by atoms with van der Waals surface area (Å²) in [6, 6.07) is 7.87. The van der Waals surface area contributed by atoms with Crippen LogP contribution in [0.15, 0.2) is 29.2 Å². The Hall–Kier alpha value is -1.53. The number of benzene rings is 1. The van der Waals surface area contributed by atoms with E-state index in [-0.39, 0.29) is 29.5 Å². The zero-order chi connectivity index (χ0) is 14.7. The van der Waals surface area contributed by atoms with Crippen LogP contribution in [0.25, 0.3) is 0 Å². The second kappa shape index (κ2) is 6.49. The van der Waals surface area contributed by atoms with Crippen LogP contribution in [-0.4, -0.2) is 36.2 Å². The van der Waals surface area contributed by atoms with Crippen molar-refractivity contribution in [1.82, 2.24) is 10.6 Å². The van der Waals surface area contributed by atoms with Crippen molar-refractivity contribution in [3.05, 3.63) is 24.3 Å². The molecule has 3 rings (SSSR count). The standard InChI is InChI=1S/C15H19N3O2S/c19-14(17-10-4-3-7-16-9-10)8-13-15(20)18-11-5-1-2-6-12(11)21-13/h1-2,5-6,10,13,16H,3-4,7-9H2,(H,17,19)(H,18,20)/t10-,13?/m0/s1. The van der Waals surface area contributed by atoms with Gasteiger partial charge in [-0.1, -0.05) is 12.1 Å². The molecule has 2 aliphatic heterocycles. The van der Waals surface area contributed by atoms with Gasteiger partial charge in [-0.3, -0.25) is 9.59 Å². The zero-order valence-electron chi connectivity index (χ0n) is 11.7. The van der Waals surface area contributed by atoms with Gasteiger partial charge in [0, 0.05) is 23.9 Å². The highest BCUT2D eigenvalue weighted by molar-refractivity contribution is 8.01. The number of para-hydroxylation sites is 1. The van der Waals surface area contributed by atoms with E-state index in [9.17, 15) is 9.59 Å². The van der Waals surface area contributed by atoms with Crippen molar-refractivity contribution < 1.29 is 9.59 Å². The van der Waals surface area contributed by atoms with Crippen molar-refractivity contribution in [3.8, 4) is 0 Å². The van der Waals surface area contributed by atoms with Gasteiger partial charge in [0.05, 0.1) is 10.9 Å². The van der Waals surface area contributed by atoms with Crippen molar-refractivity contribution in [2.45, 2.75) is 35.4 Å². The molecule has 1 saturated heterocycles. The molecule has 1 aromatic rings. The Bertz CT molecular complexity index is 543. The van der Waals surface area contributed by atoms with Crippen molar-refractivity contribution in [3.63, 3.8) is 0 Å². The van der Waals surface area contributed by atoms with Gasteiger partial charge in [-0.25, -0.2) is 0 Å². The van der Waals surface area contributed by atoms with E-state index in [1.165, 1.54) is 11.8 Å². The second-order valence-electron chi connectivity index (χ2n) is 5.41. The summed E-state index contributed by atoms with van der Waals surface area (Å²) in [7, 11) is 0. The molecule has 0 aliphatic carbocycles. The normalized spacial score (nSPS) is 24.9. The first-order valence-electron chi connectivity index (χ1n) is 7.29. The van der Waals surface area contributed by atoms with Crippen molar-refractivity contribution >= 4 is 29.3 Å². The third kappa shape index (κ3) is 3.57. The third-order valence-electron chi connectivity index (χ3n) is 3.74. The van der Waals surface area contributed by atoms with Crippen molar-refractivity contribution in [2.24, 2.45) is 0 Å². The van der Waals surface area contributed by atoms with Crippen LogP contribution in [0, 0.1) is 0 Å². The predicted octanol–water partition coefficient (Wildman–Crippen LogP) is 1.36. The summed E-state index contributed by atoms with van der Waals surface area (Å²) in [5.74, 6) is -0.133. The van der Waals surface area contributed by atoms with Crippen LogP contribution >= 0.6 is 11.8 Å². The van der Waals surface area contributed by atoms with Gasteiger partial charge in [-0.15, -0.1) is 11.8 Å². The number of amides is 2. The number of nitrogens with one attached hydrogen (secondary N) is 3. The van der Waals surface area contributed by atoms with E-state index >= 15 is 0 Å². The van der Waals surface area contributed by atoms with Gasteiger partial charge < -0.3 is 16.0 Å². The molecule has 2 aliphatic rings. The molecule has 6 heteroatoms. The van der Waals surface area contributed by atoms with Gasteiger partial charge in [-0.05, 0) is 31.5 Å². The van der Waals surface area contributed by atoms with Crippen LogP contribution in [0.1, 0.15) is 19.3 Å². The lowest BCUT2D eigenvalue weighted by molar-refractivity contribution is -0.124. The molecule has 1 fully saturated rings. The number of thioether (sulfide) groups is 1. The number of anilines is 1. The Morgan fingerprint density at radius 2 is 2.24 bits per heavy atom. The highest BCUT2D eigenvalue weighted by Crippen LogP contribution is 2.36. The van der Waals surface area contributed by atoms with Crippen LogP contribution in [0.2, 0.25) is 0 Å². The molecular weight excluding hydrogens is 286 g/mol. The Balaban J connectivity index is 1.57. The van der Waals surface area contributed by atoms with Crippen LogP contribution in [-0.2, 0) is 9.59 Å². The van der Waals surface area contributed by atoms with E-state index < -0.39 is 0 Å². The molecule has 21 heavy (non-hydrogen) atoms. The minimum atomic E-state index is -0.351. The lowest BCUT2D eigenvalue weighted by Gasteiger charge is -2.26. The van der Waals surface area contributed by atoms with E-state index in [1.54, 1.807) is 0 Å². The fourth-order valence-corrected chi connectivity index (χ4v) is 3.77. The van der Waals surface area contributed by atoms with Crippen LogP contribution in [0.4, 0.5) is 5.69 Å². The molecule has 2 heterocycles. The number of carbonyl (C=O) groups excluding carboxylic acids is 2. The molecule has 1 unspecified atom stereocenters. The summed E-state index contributed by atoms with van der Waals surface area (Å²) in [4.78, 5) is 25.2. The molecule has 0 aromatic heterocycles. The lowest BCUT2D eigenvalue weighted by Crippen LogP contribution is -2.46. The molecule has 1 aromatic carbocycles. The van der Waals surface area contributed by atoms with Gasteiger partial charge in [0.15, 0.2) is 0 Å². The minimum absolute atomic E-state index is 0.0456. The maximum absolute atomic E-state index is 12.1. The second-order valence-corrected chi connectivity index (χ2v) is 6.65. The van der Waals surface area contributed by atoms with E-state index in [0.717, 1.165) is 36.5 Å². The fraction of sp³-hybridized carbons (Fsp3) is 0.467. The smallest absolute Gasteiger partial charge is 0.238 e. The average molecular weight is 305 g/mol. The summed E-state index contributed by atoms with van der Waals surface area (Å²) in [6.07, 6.45) is 2.31. The first-order chi connectivity index (χ1) is 10.2. The largest absolute Gasteiger partial charge is 0.352 e. The Labute approximate surface area is 128 Å². The summed E-state index contributed by atoms with van der Waals surface area (Å²) >= 11 is 1.47. The van der Waals surface area contributed by atoms with Gasteiger partial charge in [0.2, 0.25) is 11.8 Å². The Kier molecular flexibility index (Phi) is 4.45. The van der Waals surface area contributed by atoms with E-state index in [0.29, 0.717) is 0 Å². The molecular formula is C15H19N3O2S. The highest BCUT2D eigenvalue weighted by Gasteiger charge is 2.29. The average Bonchev–Trinajstić information content (AvgIpc) is 2.49. The van der Waals surface area contributed by atoms with Crippen LogP contribution in [0.3, 0.4) is 0 Å². The molecule has 0 saturated carbocycles. The quantitative estimate of drug-likeness (QED) is 0.788. The Morgan fingerprint density at radius 3 is 3.05 bits per heavy atom. The van der Waals surface area contributed by atoms with Crippen LogP contribution < -0.4 is 16.0 Å². The highest BCUT2D eigenvalue weighted by atomic mass is 32.2. The van der Waals surface area contributed by atoms with Gasteiger partial charge in [0.25, 0.3) is 0 Å². The van der Waals surface area contributed by atoms with Gasteiger partial charge in [0.1, 0.15) is 0 Å². The molecule has 3 N–H and O–H groups in total. The Morgan fingerprint density at radius 1 is 1.38 bits per heavy atom. The SMILES string of the molecule is O=C(CC1Sc2ccccc2NC1=O)N[C@H]1CCCNC1. The van der Waals surface area contributed by atoms with Crippen LogP contribution in [0.5, 0.6) is 0 Å².